The van der Waals surface area contributed by atoms with Crippen molar-refractivity contribution in [3.63, 3.8) is 0 Å². The number of halogens is 2. The number of rotatable bonds is 8. The molecule has 0 radical (unpaired) electrons. The Morgan fingerprint density at radius 1 is 0.886 bits per heavy atom. The standard InChI is InChI=1S/C25H19F2N3O4S/c26-19-7-9-21(10-8-19)30-35(32,33)23-11-5-18(6-12-23)25(31)29-16-17-4-13-24(28-15-17)34-22-3-1-2-20(27)14-22/h1-15,30H,16H2,(H,29,31). The van der Waals surface area contributed by atoms with Crippen LogP contribution in [0.1, 0.15) is 15.9 Å². The van der Waals surface area contributed by atoms with E-state index in [0.29, 0.717) is 11.3 Å². The van der Waals surface area contributed by atoms with Crippen molar-refractivity contribution >= 4 is 21.6 Å². The van der Waals surface area contributed by atoms with Crippen LogP contribution in [0.25, 0.3) is 0 Å². The molecule has 1 aromatic heterocycles. The van der Waals surface area contributed by atoms with Crippen LogP contribution in [0.3, 0.4) is 0 Å². The lowest BCUT2D eigenvalue weighted by Crippen LogP contribution is -2.23. The lowest BCUT2D eigenvalue weighted by molar-refractivity contribution is 0.0950. The van der Waals surface area contributed by atoms with Gasteiger partial charge in [-0.05, 0) is 66.2 Å². The average Bonchev–Trinajstić information content (AvgIpc) is 2.85. The van der Waals surface area contributed by atoms with E-state index in [1.165, 1.54) is 60.8 Å². The van der Waals surface area contributed by atoms with Gasteiger partial charge in [0.25, 0.3) is 15.9 Å². The molecule has 1 heterocycles. The quantitative estimate of drug-likeness (QED) is 0.363. The van der Waals surface area contributed by atoms with E-state index < -0.39 is 27.6 Å². The van der Waals surface area contributed by atoms with E-state index >= 15 is 0 Å². The van der Waals surface area contributed by atoms with Crippen molar-refractivity contribution < 1.29 is 26.7 Å². The van der Waals surface area contributed by atoms with E-state index in [1.54, 1.807) is 18.2 Å². The Morgan fingerprint density at radius 3 is 2.29 bits per heavy atom. The topological polar surface area (TPSA) is 97.4 Å². The summed E-state index contributed by atoms with van der Waals surface area (Å²) >= 11 is 0. The molecule has 0 aliphatic carbocycles. The zero-order valence-corrected chi connectivity index (χ0v) is 18.9. The fourth-order valence-corrected chi connectivity index (χ4v) is 4.09. The van der Waals surface area contributed by atoms with Crippen molar-refractivity contribution in [3.05, 3.63) is 114 Å². The number of aromatic nitrogens is 1. The molecule has 0 aliphatic rings. The fourth-order valence-electron chi connectivity index (χ4n) is 3.03. The number of benzene rings is 3. The van der Waals surface area contributed by atoms with Crippen molar-refractivity contribution in [2.45, 2.75) is 11.4 Å². The van der Waals surface area contributed by atoms with Gasteiger partial charge in [0.15, 0.2) is 0 Å². The lowest BCUT2D eigenvalue weighted by Gasteiger charge is -2.10. The van der Waals surface area contributed by atoms with E-state index in [-0.39, 0.29) is 28.6 Å². The van der Waals surface area contributed by atoms with Crippen LogP contribution in [0, 0.1) is 11.6 Å². The van der Waals surface area contributed by atoms with Gasteiger partial charge in [0, 0.05) is 36.1 Å². The number of nitrogens with zero attached hydrogens (tertiary/aromatic N) is 1. The van der Waals surface area contributed by atoms with E-state index in [4.69, 9.17) is 4.74 Å². The summed E-state index contributed by atoms with van der Waals surface area (Å²) in [4.78, 5) is 16.5. The first-order valence-corrected chi connectivity index (χ1v) is 11.8. The second kappa shape index (κ2) is 10.3. The molecule has 0 fully saturated rings. The van der Waals surface area contributed by atoms with Crippen molar-refractivity contribution in [1.82, 2.24) is 10.3 Å². The number of ether oxygens (including phenoxy) is 1. The molecule has 10 heteroatoms. The molecule has 178 valence electrons. The summed E-state index contributed by atoms with van der Waals surface area (Å²) in [6.45, 7) is 0.179. The van der Waals surface area contributed by atoms with Gasteiger partial charge in [0.1, 0.15) is 17.4 Å². The first-order chi connectivity index (χ1) is 16.8. The Kier molecular flexibility index (Phi) is 7.02. The predicted octanol–water partition coefficient (Wildman–Crippen LogP) is 4.88. The molecule has 4 rings (SSSR count). The van der Waals surface area contributed by atoms with Gasteiger partial charge in [-0.25, -0.2) is 22.2 Å². The van der Waals surface area contributed by atoms with Crippen LogP contribution in [0.15, 0.2) is 96.0 Å². The molecular formula is C25H19F2N3O4S. The third kappa shape index (κ3) is 6.39. The van der Waals surface area contributed by atoms with Crippen LogP contribution in [0.2, 0.25) is 0 Å². The molecule has 35 heavy (non-hydrogen) atoms. The minimum absolute atomic E-state index is 0.0449. The average molecular weight is 496 g/mol. The summed E-state index contributed by atoms with van der Waals surface area (Å²) in [6, 6.07) is 19.3. The van der Waals surface area contributed by atoms with E-state index in [0.717, 1.165) is 12.1 Å². The number of nitrogens with one attached hydrogen (secondary N) is 2. The first kappa shape index (κ1) is 23.8. The molecule has 0 saturated carbocycles. The minimum Gasteiger partial charge on any atom is -0.439 e. The third-order valence-electron chi connectivity index (χ3n) is 4.79. The predicted molar refractivity (Wildman–Crippen MR) is 126 cm³/mol. The van der Waals surface area contributed by atoms with Crippen molar-refractivity contribution in [1.29, 1.82) is 0 Å². The second-order valence-corrected chi connectivity index (χ2v) is 9.07. The van der Waals surface area contributed by atoms with Crippen LogP contribution >= 0.6 is 0 Å². The maximum absolute atomic E-state index is 13.2. The Morgan fingerprint density at radius 2 is 1.63 bits per heavy atom. The van der Waals surface area contributed by atoms with Crippen LogP contribution in [0.5, 0.6) is 11.6 Å². The molecule has 0 spiro atoms. The van der Waals surface area contributed by atoms with Gasteiger partial charge in [-0.1, -0.05) is 12.1 Å². The largest absolute Gasteiger partial charge is 0.439 e. The van der Waals surface area contributed by atoms with Crippen molar-refractivity contribution in [3.8, 4) is 11.6 Å². The number of sulfonamides is 1. The van der Waals surface area contributed by atoms with Crippen molar-refractivity contribution in [2.24, 2.45) is 0 Å². The summed E-state index contributed by atoms with van der Waals surface area (Å²) in [5.74, 6) is -0.710. The number of carbonyl (C=O) groups is 1. The molecule has 0 bridgehead atoms. The molecule has 7 nitrogen and oxygen atoms in total. The van der Waals surface area contributed by atoms with Gasteiger partial charge in [-0.2, -0.15) is 0 Å². The van der Waals surface area contributed by atoms with Gasteiger partial charge in [0.05, 0.1) is 4.90 Å². The number of carbonyl (C=O) groups excluding carboxylic acids is 1. The van der Waals surface area contributed by atoms with Crippen molar-refractivity contribution in [2.75, 3.05) is 4.72 Å². The molecule has 0 unspecified atom stereocenters. The smallest absolute Gasteiger partial charge is 0.261 e. The number of hydrogen-bond acceptors (Lipinski definition) is 5. The molecular weight excluding hydrogens is 476 g/mol. The van der Waals surface area contributed by atoms with Gasteiger partial charge in [-0.15, -0.1) is 0 Å². The van der Waals surface area contributed by atoms with Crippen LogP contribution in [-0.2, 0) is 16.6 Å². The van der Waals surface area contributed by atoms with Gasteiger partial charge in [0.2, 0.25) is 5.88 Å². The van der Waals surface area contributed by atoms with Crippen LogP contribution in [-0.4, -0.2) is 19.3 Å². The molecule has 1 amide bonds. The summed E-state index contributed by atoms with van der Waals surface area (Å²) in [5.41, 5.74) is 1.19. The Labute approximate surface area is 200 Å². The number of anilines is 1. The summed E-state index contributed by atoms with van der Waals surface area (Å²) < 4.78 is 59.1. The molecule has 3 aromatic carbocycles. The number of amides is 1. The first-order valence-electron chi connectivity index (χ1n) is 10.3. The normalized spacial score (nSPS) is 11.0. The Hall–Kier alpha value is -4.31. The van der Waals surface area contributed by atoms with E-state index in [2.05, 4.69) is 15.0 Å². The van der Waals surface area contributed by atoms with Crippen LogP contribution in [0.4, 0.5) is 14.5 Å². The summed E-state index contributed by atoms with van der Waals surface area (Å²) in [6.07, 6.45) is 1.52. The van der Waals surface area contributed by atoms with Gasteiger partial charge < -0.3 is 10.1 Å². The number of hydrogen-bond donors (Lipinski definition) is 2. The lowest BCUT2D eigenvalue weighted by atomic mass is 10.2. The highest BCUT2D eigenvalue weighted by Gasteiger charge is 2.15. The molecule has 4 aromatic rings. The maximum Gasteiger partial charge on any atom is 0.261 e. The van der Waals surface area contributed by atoms with E-state index in [1.807, 2.05) is 0 Å². The monoisotopic (exact) mass is 495 g/mol. The molecule has 0 saturated heterocycles. The summed E-state index contributed by atoms with van der Waals surface area (Å²) in [7, 11) is -3.90. The summed E-state index contributed by atoms with van der Waals surface area (Å²) in [5, 5.41) is 2.73. The molecule has 2 N–H and O–H groups in total. The highest BCUT2D eigenvalue weighted by Crippen LogP contribution is 2.20. The zero-order valence-electron chi connectivity index (χ0n) is 18.1. The number of pyridine rings is 1. The molecule has 0 atom stereocenters. The SMILES string of the molecule is O=C(NCc1ccc(Oc2cccc(F)c2)nc1)c1ccc(S(=O)(=O)Nc2ccc(F)cc2)cc1. The Bertz CT molecular complexity index is 1430. The minimum atomic E-state index is -3.90. The third-order valence-corrected chi connectivity index (χ3v) is 6.19. The Balaban J connectivity index is 1.33. The maximum atomic E-state index is 13.2. The van der Waals surface area contributed by atoms with Crippen LogP contribution < -0.4 is 14.8 Å². The van der Waals surface area contributed by atoms with Gasteiger partial charge in [-0.3, -0.25) is 9.52 Å². The van der Waals surface area contributed by atoms with Gasteiger partial charge >= 0.3 is 0 Å². The highest BCUT2D eigenvalue weighted by molar-refractivity contribution is 7.92. The highest BCUT2D eigenvalue weighted by atomic mass is 32.2. The fraction of sp³-hybridized carbons (Fsp3) is 0.0400. The molecule has 0 aliphatic heterocycles. The van der Waals surface area contributed by atoms with E-state index in [9.17, 15) is 22.0 Å². The second-order valence-electron chi connectivity index (χ2n) is 7.38. The zero-order chi connectivity index (χ0) is 24.8.